The lowest BCUT2D eigenvalue weighted by Crippen LogP contribution is -2.36. The predicted octanol–water partition coefficient (Wildman–Crippen LogP) is 2.44. The molecule has 5 nitrogen and oxygen atoms in total. The van der Waals surface area contributed by atoms with Crippen molar-refractivity contribution in [3.05, 3.63) is 17.5 Å². The molecule has 0 atom stereocenters. The number of rotatable bonds is 4. The van der Waals surface area contributed by atoms with Crippen molar-refractivity contribution in [3.63, 3.8) is 0 Å². The van der Waals surface area contributed by atoms with Crippen LogP contribution in [0.15, 0.2) is 15.6 Å². The second kappa shape index (κ2) is 8.34. The molecule has 0 radical (unpaired) electrons. The second-order valence-electron chi connectivity index (χ2n) is 4.44. The van der Waals surface area contributed by atoms with Crippen LogP contribution in [0.1, 0.15) is 38.1 Å². The zero-order valence-corrected chi connectivity index (χ0v) is 14.1. The molecule has 6 heteroatoms. The van der Waals surface area contributed by atoms with Crippen molar-refractivity contribution >= 4 is 29.9 Å². The average molecular weight is 366 g/mol. The van der Waals surface area contributed by atoms with Gasteiger partial charge in [0, 0.05) is 26.7 Å². The summed E-state index contributed by atoms with van der Waals surface area (Å²) in [4.78, 5) is 6.40. The van der Waals surface area contributed by atoms with Crippen LogP contribution >= 0.6 is 24.0 Å². The van der Waals surface area contributed by atoms with E-state index in [2.05, 4.69) is 29.3 Å². The third-order valence-electron chi connectivity index (χ3n) is 2.31. The summed E-state index contributed by atoms with van der Waals surface area (Å²) >= 11 is 0. The molecule has 1 N–H and O–H groups in total. The number of nitrogens with one attached hydrogen (secondary N) is 1. The van der Waals surface area contributed by atoms with Crippen LogP contribution < -0.4 is 5.32 Å². The van der Waals surface area contributed by atoms with Crippen molar-refractivity contribution in [2.24, 2.45) is 4.99 Å². The molecule has 0 saturated heterocycles. The van der Waals surface area contributed by atoms with E-state index in [0.29, 0.717) is 12.5 Å². The number of halogens is 1. The second-order valence-corrected chi connectivity index (χ2v) is 4.44. The summed E-state index contributed by atoms with van der Waals surface area (Å²) in [5.74, 6) is 2.04. The molecule has 1 rings (SSSR count). The van der Waals surface area contributed by atoms with Crippen LogP contribution in [0.4, 0.5) is 0 Å². The number of aliphatic imine (C=N–C) groups is 1. The van der Waals surface area contributed by atoms with Crippen molar-refractivity contribution in [3.8, 4) is 0 Å². The Morgan fingerprint density at radius 3 is 2.61 bits per heavy atom. The fourth-order valence-corrected chi connectivity index (χ4v) is 1.34. The fraction of sp³-hybridized carbons (Fsp3) is 0.667. The van der Waals surface area contributed by atoms with Crippen LogP contribution in [0.25, 0.3) is 0 Å². The van der Waals surface area contributed by atoms with Gasteiger partial charge in [-0.3, -0.25) is 0 Å². The SMILES string of the molecule is CCNC(=NCc1cc(C(C)C)no1)N(C)C.I. The molecule has 0 amide bonds. The van der Waals surface area contributed by atoms with E-state index in [-0.39, 0.29) is 24.0 Å². The molecule has 0 unspecified atom stereocenters. The molecular formula is C12H23IN4O. The van der Waals surface area contributed by atoms with Crippen LogP contribution in [0.5, 0.6) is 0 Å². The first-order valence-corrected chi connectivity index (χ1v) is 5.95. The van der Waals surface area contributed by atoms with E-state index in [1.54, 1.807) is 0 Å². The number of aromatic nitrogens is 1. The highest BCUT2D eigenvalue weighted by Gasteiger charge is 2.07. The van der Waals surface area contributed by atoms with Crippen LogP contribution in [0, 0.1) is 0 Å². The molecule has 0 aliphatic carbocycles. The van der Waals surface area contributed by atoms with E-state index in [9.17, 15) is 0 Å². The van der Waals surface area contributed by atoms with Gasteiger partial charge in [-0.1, -0.05) is 19.0 Å². The highest BCUT2D eigenvalue weighted by Crippen LogP contribution is 2.14. The Kier molecular flexibility index (Phi) is 7.97. The number of nitrogens with zero attached hydrogens (tertiary/aromatic N) is 3. The monoisotopic (exact) mass is 366 g/mol. The van der Waals surface area contributed by atoms with Crippen molar-refractivity contribution < 1.29 is 4.52 Å². The summed E-state index contributed by atoms with van der Waals surface area (Å²) in [7, 11) is 3.92. The van der Waals surface area contributed by atoms with E-state index in [0.717, 1.165) is 24.0 Å². The number of guanidine groups is 1. The Morgan fingerprint density at radius 1 is 1.50 bits per heavy atom. The summed E-state index contributed by atoms with van der Waals surface area (Å²) in [6.45, 7) is 7.60. The summed E-state index contributed by atoms with van der Waals surface area (Å²) in [6.07, 6.45) is 0. The molecule has 104 valence electrons. The molecule has 0 saturated carbocycles. The first kappa shape index (κ1) is 17.2. The molecule has 0 bridgehead atoms. The zero-order valence-electron chi connectivity index (χ0n) is 11.7. The minimum Gasteiger partial charge on any atom is -0.359 e. The van der Waals surface area contributed by atoms with Crippen LogP contribution in [0.2, 0.25) is 0 Å². The molecule has 0 aliphatic rings. The highest BCUT2D eigenvalue weighted by atomic mass is 127. The van der Waals surface area contributed by atoms with Crippen molar-refractivity contribution in [2.75, 3.05) is 20.6 Å². The summed E-state index contributed by atoms with van der Waals surface area (Å²) in [5, 5.41) is 7.20. The summed E-state index contributed by atoms with van der Waals surface area (Å²) in [5.41, 5.74) is 0.977. The lowest BCUT2D eigenvalue weighted by molar-refractivity contribution is 0.376. The van der Waals surface area contributed by atoms with Gasteiger partial charge >= 0.3 is 0 Å². The lowest BCUT2D eigenvalue weighted by atomic mass is 10.1. The van der Waals surface area contributed by atoms with Gasteiger partial charge in [0.2, 0.25) is 0 Å². The van der Waals surface area contributed by atoms with Crippen molar-refractivity contribution in [1.82, 2.24) is 15.4 Å². The van der Waals surface area contributed by atoms with Gasteiger partial charge in [0.05, 0.1) is 5.69 Å². The highest BCUT2D eigenvalue weighted by molar-refractivity contribution is 14.0. The van der Waals surface area contributed by atoms with E-state index in [4.69, 9.17) is 4.52 Å². The van der Waals surface area contributed by atoms with Crippen LogP contribution in [0.3, 0.4) is 0 Å². The maximum atomic E-state index is 5.23. The Morgan fingerprint density at radius 2 is 2.17 bits per heavy atom. The van der Waals surface area contributed by atoms with E-state index < -0.39 is 0 Å². The van der Waals surface area contributed by atoms with Crippen LogP contribution in [-0.4, -0.2) is 36.7 Å². The molecule has 1 aromatic rings. The standard InChI is InChI=1S/C12H22N4O.HI/c1-6-13-12(16(4)5)14-8-10-7-11(9(2)3)15-17-10;/h7,9H,6,8H2,1-5H3,(H,13,14);1H. The van der Waals surface area contributed by atoms with Gasteiger partial charge in [0.25, 0.3) is 0 Å². The lowest BCUT2D eigenvalue weighted by Gasteiger charge is -2.15. The Labute approximate surface area is 126 Å². The normalized spacial score (nSPS) is 11.3. The maximum absolute atomic E-state index is 5.23. The molecule has 0 spiro atoms. The molecule has 0 aliphatic heterocycles. The molecule has 0 aromatic carbocycles. The summed E-state index contributed by atoms with van der Waals surface area (Å²) in [6, 6.07) is 1.97. The third kappa shape index (κ3) is 5.24. The third-order valence-corrected chi connectivity index (χ3v) is 2.31. The average Bonchev–Trinajstić information content (AvgIpc) is 2.72. The predicted molar refractivity (Wildman–Crippen MR) is 84.5 cm³/mol. The van der Waals surface area contributed by atoms with E-state index in [1.165, 1.54) is 0 Å². The van der Waals surface area contributed by atoms with Crippen LogP contribution in [-0.2, 0) is 6.54 Å². The van der Waals surface area contributed by atoms with Gasteiger partial charge in [0.1, 0.15) is 6.54 Å². The molecular weight excluding hydrogens is 343 g/mol. The first-order chi connectivity index (χ1) is 8.04. The number of hydrogen-bond donors (Lipinski definition) is 1. The Hall–Kier alpha value is -0.790. The topological polar surface area (TPSA) is 53.7 Å². The maximum Gasteiger partial charge on any atom is 0.193 e. The number of hydrogen-bond acceptors (Lipinski definition) is 3. The van der Waals surface area contributed by atoms with Gasteiger partial charge in [-0.05, 0) is 12.8 Å². The van der Waals surface area contributed by atoms with Crippen molar-refractivity contribution in [1.29, 1.82) is 0 Å². The minimum atomic E-state index is 0. The molecule has 0 fully saturated rings. The van der Waals surface area contributed by atoms with Gasteiger partial charge in [-0.25, -0.2) is 4.99 Å². The van der Waals surface area contributed by atoms with Crippen molar-refractivity contribution in [2.45, 2.75) is 33.2 Å². The quantitative estimate of drug-likeness (QED) is 0.505. The van der Waals surface area contributed by atoms with E-state index >= 15 is 0 Å². The summed E-state index contributed by atoms with van der Waals surface area (Å²) < 4.78 is 5.23. The zero-order chi connectivity index (χ0) is 12.8. The largest absolute Gasteiger partial charge is 0.359 e. The molecule has 18 heavy (non-hydrogen) atoms. The molecule has 1 aromatic heterocycles. The van der Waals surface area contributed by atoms with Gasteiger partial charge in [-0.2, -0.15) is 0 Å². The Bertz CT molecular complexity index is 374. The van der Waals surface area contributed by atoms with Gasteiger partial charge in [-0.15, -0.1) is 24.0 Å². The minimum absolute atomic E-state index is 0. The van der Waals surface area contributed by atoms with Gasteiger partial charge < -0.3 is 14.7 Å². The van der Waals surface area contributed by atoms with E-state index in [1.807, 2.05) is 32.0 Å². The first-order valence-electron chi connectivity index (χ1n) is 5.95. The van der Waals surface area contributed by atoms with Gasteiger partial charge in [0.15, 0.2) is 11.7 Å². The smallest absolute Gasteiger partial charge is 0.193 e. The molecule has 1 heterocycles. The fourth-order valence-electron chi connectivity index (χ4n) is 1.34. The Balaban J connectivity index is 0.00000289.